The zero-order valence-electron chi connectivity index (χ0n) is 8.93. The first-order chi connectivity index (χ1) is 6.14. The normalized spacial score (nSPS) is 29.8. The zero-order valence-corrected chi connectivity index (χ0v) is 11.3. The van der Waals surface area contributed by atoms with Crippen LogP contribution in [-0.4, -0.2) is 19.7 Å². The molecule has 0 aromatic carbocycles. The summed E-state index contributed by atoms with van der Waals surface area (Å²) in [5, 5.41) is 0. The summed E-state index contributed by atoms with van der Waals surface area (Å²) in [6, 6.07) is 0.102. The number of halogens is 2. The average Bonchev–Trinajstić information content (AvgIpc) is 2.57. The van der Waals surface area contributed by atoms with Gasteiger partial charge in [-0.25, -0.2) is 0 Å². The highest BCUT2D eigenvalue weighted by Crippen LogP contribution is 2.54. The van der Waals surface area contributed by atoms with Crippen LogP contribution in [0.25, 0.3) is 0 Å². The average molecular weight is 258 g/mol. The molecule has 1 saturated carbocycles. The second-order valence-corrected chi connectivity index (χ2v) is 8.40. The van der Waals surface area contributed by atoms with Crippen molar-refractivity contribution in [3.8, 4) is 0 Å². The molecular weight excluding hydrogens is 241 g/mol. The molecule has 1 rings (SSSR count). The lowest BCUT2D eigenvalue weighted by atomic mass is 10.2. The predicted molar refractivity (Wildman–Crippen MR) is 63.0 cm³/mol. The summed E-state index contributed by atoms with van der Waals surface area (Å²) in [6.07, 6.45) is 0.783. The molecule has 0 saturated heterocycles. The van der Waals surface area contributed by atoms with Crippen LogP contribution in [0, 0.1) is 5.92 Å². The van der Waals surface area contributed by atoms with Crippen molar-refractivity contribution >= 4 is 34.6 Å². The summed E-state index contributed by atoms with van der Waals surface area (Å²) >= 11 is 10.8. The Labute approximate surface area is 99.0 Å². The molecule has 5 heteroatoms. The van der Waals surface area contributed by atoms with E-state index in [9.17, 15) is 4.55 Å². The molecule has 0 bridgehead atoms. The van der Waals surface area contributed by atoms with Crippen LogP contribution in [0.2, 0.25) is 0 Å². The quantitative estimate of drug-likeness (QED) is 0.624. The van der Waals surface area contributed by atoms with Gasteiger partial charge in [0.05, 0.1) is 6.04 Å². The smallest absolute Gasteiger partial charge is 0.136 e. The topological polar surface area (TPSA) is 35.1 Å². The summed E-state index contributed by atoms with van der Waals surface area (Å²) < 4.78 is 13.9. The molecule has 1 aliphatic rings. The molecule has 0 amide bonds. The van der Waals surface area contributed by atoms with Gasteiger partial charge in [0.25, 0.3) is 0 Å². The summed E-state index contributed by atoms with van der Waals surface area (Å²) in [5.74, 6) is 0.220. The summed E-state index contributed by atoms with van der Waals surface area (Å²) in [5.41, 5.74) is 0. The Bertz CT molecular complexity index is 217. The van der Waals surface area contributed by atoms with E-state index < -0.39 is 15.7 Å². The van der Waals surface area contributed by atoms with E-state index in [2.05, 4.69) is 4.72 Å². The SMILES string of the molecule is C[C@@H](N[S+]([O-])C(C)(C)C)[C@@H]1CC1(Cl)Cl. The van der Waals surface area contributed by atoms with Crippen molar-refractivity contribution in [1.29, 1.82) is 0 Å². The van der Waals surface area contributed by atoms with Gasteiger partial charge in [0.2, 0.25) is 0 Å². The Morgan fingerprint density at radius 3 is 2.21 bits per heavy atom. The van der Waals surface area contributed by atoms with Crippen LogP contribution in [0.5, 0.6) is 0 Å². The summed E-state index contributed by atoms with van der Waals surface area (Å²) in [7, 11) is 0. The van der Waals surface area contributed by atoms with Crippen LogP contribution in [-0.2, 0) is 11.4 Å². The molecular formula is C9H17Cl2NOS. The van der Waals surface area contributed by atoms with E-state index in [0.29, 0.717) is 0 Å². The lowest BCUT2D eigenvalue weighted by Crippen LogP contribution is -2.44. The fourth-order valence-corrected chi connectivity index (χ4v) is 2.77. The lowest BCUT2D eigenvalue weighted by Gasteiger charge is -2.26. The molecule has 1 unspecified atom stereocenters. The van der Waals surface area contributed by atoms with Crippen molar-refractivity contribution < 1.29 is 4.55 Å². The molecule has 0 aromatic heterocycles. The number of alkyl halides is 2. The first-order valence-electron chi connectivity index (χ1n) is 4.70. The minimum absolute atomic E-state index is 0.102. The van der Waals surface area contributed by atoms with Crippen LogP contribution in [0.3, 0.4) is 0 Å². The van der Waals surface area contributed by atoms with Crippen LogP contribution in [0.15, 0.2) is 0 Å². The van der Waals surface area contributed by atoms with Crippen molar-refractivity contribution in [3.63, 3.8) is 0 Å². The minimum Gasteiger partial charge on any atom is -0.598 e. The van der Waals surface area contributed by atoms with Crippen LogP contribution in [0.1, 0.15) is 34.1 Å². The van der Waals surface area contributed by atoms with E-state index >= 15 is 0 Å². The molecule has 3 atom stereocenters. The monoisotopic (exact) mass is 257 g/mol. The molecule has 0 radical (unpaired) electrons. The van der Waals surface area contributed by atoms with E-state index in [-0.39, 0.29) is 16.7 Å². The second-order valence-electron chi connectivity index (χ2n) is 4.86. The predicted octanol–water partition coefficient (Wildman–Crippen LogP) is 2.62. The van der Waals surface area contributed by atoms with E-state index in [1.165, 1.54) is 0 Å². The molecule has 0 spiro atoms. The fraction of sp³-hybridized carbons (Fsp3) is 1.00. The molecule has 0 heterocycles. The fourth-order valence-electron chi connectivity index (χ4n) is 1.20. The number of nitrogens with one attached hydrogen (secondary N) is 1. The minimum atomic E-state index is -1.05. The molecule has 2 nitrogen and oxygen atoms in total. The van der Waals surface area contributed by atoms with Gasteiger partial charge in [0.15, 0.2) is 0 Å². The van der Waals surface area contributed by atoms with E-state index in [1.807, 2.05) is 27.7 Å². The Hall–Kier alpha value is 0.850. The van der Waals surface area contributed by atoms with Crippen molar-refractivity contribution in [2.75, 3.05) is 0 Å². The first kappa shape index (κ1) is 12.9. The van der Waals surface area contributed by atoms with Crippen LogP contribution >= 0.6 is 23.2 Å². The van der Waals surface area contributed by atoms with Gasteiger partial charge in [0, 0.05) is 17.3 Å². The lowest BCUT2D eigenvalue weighted by molar-refractivity contribution is 0.509. The van der Waals surface area contributed by atoms with Crippen molar-refractivity contribution in [3.05, 3.63) is 0 Å². The Morgan fingerprint density at radius 2 is 1.93 bits per heavy atom. The molecule has 1 N–H and O–H groups in total. The highest BCUT2D eigenvalue weighted by atomic mass is 35.5. The van der Waals surface area contributed by atoms with Crippen molar-refractivity contribution in [1.82, 2.24) is 4.72 Å². The van der Waals surface area contributed by atoms with E-state index in [4.69, 9.17) is 23.2 Å². The Kier molecular flexibility index (Phi) is 3.71. The summed E-state index contributed by atoms with van der Waals surface area (Å²) in [4.78, 5) is 0. The molecule has 0 aromatic rings. The van der Waals surface area contributed by atoms with Gasteiger partial charge in [-0.15, -0.1) is 27.9 Å². The van der Waals surface area contributed by atoms with Gasteiger partial charge in [-0.1, -0.05) is 0 Å². The highest BCUT2D eigenvalue weighted by Gasteiger charge is 2.55. The third-order valence-corrected chi connectivity index (χ3v) is 4.89. The second kappa shape index (κ2) is 4.02. The van der Waals surface area contributed by atoms with Gasteiger partial charge < -0.3 is 4.55 Å². The van der Waals surface area contributed by atoms with Gasteiger partial charge in [-0.2, -0.15) is 0 Å². The largest absolute Gasteiger partial charge is 0.598 e. The Balaban J connectivity index is 2.39. The maximum Gasteiger partial charge on any atom is 0.136 e. The molecule has 0 aliphatic heterocycles. The van der Waals surface area contributed by atoms with E-state index in [0.717, 1.165) is 6.42 Å². The third kappa shape index (κ3) is 3.17. The standard InChI is InChI=1S/C9H17Cl2NOS/c1-6(7-5-9(7,10)11)12-14(13)8(2,3)4/h6-7,12H,5H2,1-4H3/t6-,7+,14?/m1/s1. The van der Waals surface area contributed by atoms with Crippen molar-refractivity contribution in [2.45, 2.75) is 49.2 Å². The van der Waals surface area contributed by atoms with Gasteiger partial charge in [0.1, 0.15) is 9.08 Å². The van der Waals surface area contributed by atoms with E-state index in [1.54, 1.807) is 0 Å². The van der Waals surface area contributed by atoms with Crippen LogP contribution < -0.4 is 4.72 Å². The Morgan fingerprint density at radius 1 is 1.50 bits per heavy atom. The third-order valence-electron chi connectivity index (χ3n) is 2.33. The van der Waals surface area contributed by atoms with Crippen LogP contribution in [0.4, 0.5) is 0 Å². The molecule has 14 heavy (non-hydrogen) atoms. The first-order valence-corrected chi connectivity index (χ1v) is 6.61. The van der Waals surface area contributed by atoms with Gasteiger partial charge in [-0.3, -0.25) is 0 Å². The van der Waals surface area contributed by atoms with Crippen molar-refractivity contribution in [2.24, 2.45) is 5.92 Å². The maximum absolute atomic E-state index is 11.7. The highest BCUT2D eigenvalue weighted by molar-refractivity contribution is 7.90. The molecule has 1 aliphatic carbocycles. The molecule has 1 fully saturated rings. The molecule has 84 valence electrons. The van der Waals surface area contributed by atoms with Gasteiger partial charge >= 0.3 is 0 Å². The summed E-state index contributed by atoms with van der Waals surface area (Å²) in [6.45, 7) is 7.78. The number of hydrogen-bond acceptors (Lipinski definition) is 2. The van der Waals surface area contributed by atoms with Gasteiger partial charge in [-0.05, 0) is 34.1 Å². The number of rotatable bonds is 3. The maximum atomic E-state index is 11.7. The number of hydrogen-bond donors (Lipinski definition) is 1. The zero-order chi connectivity index (χ0) is 11.1.